The van der Waals surface area contributed by atoms with Crippen LogP contribution in [0.25, 0.3) is 0 Å². The van der Waals surface area contributed by atoms with Crippen molar-refractivity contribution in [3.63, 3.8) is 0 Å². The molecule has 20 heavy (non-hydrogen) atoms. The van der Waals surface area contributed by atoms with Gasteiger partial charge in [-0.05, 0) is 28.1 Å². The molecule has 0 unspecified atom stereocenters. The van der Waals surface area contributed by atoms with Crippen LogP contribution in [0.4, 0.5) is 5.82 Å². The van der Waals surface area contributed by atoms with E-state index in [1.807, 2.05) is 29.9 Å². The molecule has 2 aromatic heterocycles. The zero-order valence-corrected chi connectivity index (χ0v) is 12.9. The Morgan fingerprint density at radius 1 is 1.25 bits per heavy atom. The van der Waals surface area contributed by atoms with Gasteiger partial charge in [0.1, 0.15) is 17.2 Å². The number of hydrogen-bond donors (Lipinski definition) is 1. The predicted molar refractivity (Wildman–Crippen MR) is 80.5 cm³/mol. The van der Waals surface area contributed by atoms with Crippen LogP contribution < -0.4 is 4.90 Å². The quantitative estimate of drug-likeness (QED) is 0.912. The van der Waals surface area contributed by atoms with Crippen molar-refractivity contribution in [3.05, 3.63) is 41.0 Å². The van der Waals surface area contributed by atoms with Crippen LogP contribution in [0.15, 0.2) is 35.2 Å². The van der Waals surface area contributed by atoms with Crippen LogP contribution in [0.3, 0.4) is 0 Å². The zero-order chi connectivity index (χ0) is 14.2. The molecular weight excluding hydrogens is 320 g/mol. The number of nitrogens with zero attached hydrogens (tertiary/aromatic N) is 4. The lowest BCUT2D eigenvalue weighted by Gasteiger charge is -2.38. The highest BCUT2D eigenvalue weighted by atomic mass is 79.9. The normalized spacial score (nSPS) is 18.2. The van der Waals surface area contributed by atoms with E-state index in [2.05, 4.69) is 30.8 Å². The molecule has 1 aliphatic heterocycles. The topological polar surface area (TPSA) is 54.2 Å². The average Bonchev–Trinajstić information content (AvgIpc) is 2.88. The summed E-state index contributed by atoms with van der Waals surface area (Å²) in [6.45, 7) is 1.53. The Bertz CT molecular complexity index is 605. The lowest BCUT2D eigenvalue weighted by atomic mass is 9.90. The van der Waals surface area contributed by atoms with Gasteiger partial charge in [0.2, 0.25) is 0 Å². The van der Waals surface area contributed by atoms with Crippen molar-refractivity contribution in [2.75, 3.05) is 18.0 Å². The summed E-state index contributed by atoms with van der Waals surface area (Å²) in [5.41, 5.74) is -0.837. The smallest absolute Gasteiger partial charge is 0.142 e. The molecule has 0 aliphatic carbocycles. The van der Waals surface area contributed by atoms with E-state index in [0.29, 0.717) is 12.8 Å². The molecular formula is C14H17BrN4O. The first-order valence-corrected chi connectivity index (χ1v) is 7.45. The molecule has 0 amide bonds. The Morgan fingerprint density at radius 2 is 2.00 bits per heavy atom. The van der Waals surface area contributed by atoms with Gasteiger partial charge in [-0.3, -0.25) is 0 Å². The fourth-order valence-corrected chi connectivity index (χ4v) is 3.24. The van der Waals surface area contributed by atoms with Gasteiger partial charge in [-0.1, -0.05) is 0 Å². The van der Waals surface area contributed by atoms with Gasteiger partial charge >= 0.3 is 0 Å². The standard InChI is InChI=1S/C14H17BrN4O/c1-18-10-7-17-13(18)14(20)4-8-19(9-5-14)12-11(15)3-2-6-16-12/h2-3,6-7,10,20H,4-5,8-9H2,1H3. The molecule has 0 saturated carbocycles. The number of rotatable bonds is 2. The van der Waals surface area contributed by atoms with E-state index in [1.54, 1.807) is 12.4 Å². The number of aryl methyl sites for hydroxylation is 1. The second-order valence-electron chi connectivity index (χ2n) is 5.19. The highest BCUT2D eigenvalue weighted by Gasteiger charge is 2.37. The lowest BCUT2D eigenvalue weighted by molar-refractivity contribution is 0.000651. The molecule has 0 atom stereocenters. The Morgan fingerprint density at radius 3 is 2.60 bits per heavy atom. The summed E-state index contributed by atoms with van der Waals surface area (Å²) in [6, 6.07) is 3.89. The van der Waals surface area contributed by atoms with E-state index in [1.165, 1.54) is 0 Å². The monoisotopic (exact) mass is 336 g/mol. The number of anilines is 1. The van der Waals surface area contributed by atoms with Gasteiger partial charge < -0.3 is 14.6 Å². The van der Waals surface area contributed by atoms with Crippen molar-refractivity contribution < 1.29 is 5.11 Å². The fraction of sp³-hybridized carbons (Fsp3) is 0.429. The van der Waals surface area contributed by atoms with Gasteiger partial charge in [0.15, 0.2) is 0 Å². The highest BCUT2D eigenvalue weighted by molar-refractivity contribution is 9.10. The van der Waals surface area contributed by atoms with E-state index in [-0.39, 0.29) is 0 Å². The molecule has 0 aromatic carbocycles. The van der Waals surface area contributed by atoms with Crippen molar-refractivity contribution in [3.8, 4) is 0 Å². The van der Waals surface area contributed by atoms with Crippen molar-refractivity contribution in [2.45, 2.75) is 18.4 Å². The Hall–Kier alpha value is -1.40. The van der Waals surface area contributed by atoms with Crippen molar-refractivity contribution in [1.29, 1.82) is 0 Å². The molecule has 6 heteroatoms. The maximum Gasteiger partial charge on any atom is 0.142 e. The van der Waals surface area contributed by atoms with Crippen LogP contribution in [0.5, 0.6) is 0 Å². The molecule has 0 spiro atoms. The molecule has 1 fully saturated rings. The lowest BCUT2D eigenvalue weighted by Crippen LogP contribution is -2.44. The molecule has 1 saturated heterocycles. The summed E-state index contributed by atoms with van der Waals surface area (Å²) < 4.78 is 2.88. The van der Waals surface area contributed by atoms with Gasteiger partial charge in [0.25, 0.3) is 0 Å². The van der Waals surface area contributed by atoms with Gasteiger partial charge in [0.05, 0.1) is 4.47 Å². The second kappa shape index (κ2) is 5.18. The molecule has 3 heterocycles. The Balaban J connectivity index is 1.77. The van der Waals surface area contributed by atoms with E-state index in [0.717, 1.165) is 29.2 Å². The third-order valence-electron chi connectivity index (χ3n) is 3.87. The summed E-state index contributed by atoms with van der Waals surface area (Å²) in [5, 5.41) is 10.8. The number of aromatic nitrogens is 3. The fourth-order valence-electron chi connectivity index (χ4n) is 2.74. The maximum atomic E-state index is 10.8. The first-order valence-electron chi connectivity index (χ1n) is 6.66. The number of piperidine rings is 1. The van der Waals surface area contributed by atoms with Crippen LogP contribution in [-0.2, 0) is 12.6 Å². The minimum atomic E-state index is -0.837. The molecule has 0 bridgehead atoms. The predicted octanol–water partition coefficient (Wildman–Crippen LogP) is 2.07. The molecule has 1 aliphatic rings. The summed E-state index contributed by atoms with van der Waals surface area (Å²) in [5.74, 6) is 1.69. The number of imidazole rings is 1. The van der Waals surface area contributed by atoms with Gasteiger partial charge in [-0.15, -0.1) is 0 Å². The van der Waals surface area contributed by atoms with E-state index < -0.39 is 5.60 Å². The average molecular weight is 337 g/mol. The van der Waals surface area contributed by atoms with Crippen LogP contribution in [0, 0.1) is 0 Å². The summed E-state index contributed by atoms with van der Waals surface area (Å²) in [7, 11) is 1.92. The van der Waals surface area contributed by atoms with Gasteiger partial charge in [0, 0.05) is 51.6 Å². The Labute approximate surface area is 126 Å². The molecule has 2 aromatic rings. The van der Waals surface area contributed by atoms with Crippen molar-refractivity contribution >= 4 is 21.7 Å². The van der Waals surface area contributed by atoms with Crippen LogP contribution >= 0.6 is 15.9 Å². The van der Waals surface area contributed by atoms with Crippen LogP contribution in [0.1, 0.15) is 18.7 Å². The van der Waals surface area contributed by atoms with Crippen molar-refractivity contribution in [1.82, 2.24) is 14.5 Å². The minimum Gasteiger partial charge on any atom is -0.382 e. The third-order valence-corrected chi connectivity index (χ3v) is 4.49. The molecule has 106 valence electrons. The second-order valence-corrected chi connectivity index (χ2v) is 6.04. The highest BCUT2D eigenvalue weighted by Crippen LogP contribution is 2.34. The summed E-state index contributed by atoms with van der Waals surface area (Å²) in [4.78, 5) is 10.9. The SMILES string of the molecule is Cn1ccnc1C1(O)CCN(c2ncccc2Br)CC1. The molecule has 0 radical (unpaired) electrons. The van der Waals surface area contributed by atoms with Crippen LogP contribution in [0.2, 0.25) is 0 Å². The van der Waals surface area contributed by atoms with Crippen molar-refractivity contribution in [2.24, 2.45) is 7.05 Å². The summed E-state index contributed by atoms with van der Waals surface area (Å²) in [6.07, 6.45) is 6.70. The largest absolute Gasteiger partial charge is 0.382 e. The summed E-state index contributed by atoms with van der Waals surface area (Å²) >= 11 is 3.53. The van der Waals surface area contributed by atoms with Crippen LogP contribution in [-0.4, -0.2) is 32.7 Å². The number of aliphatic hydroxyl groups is 1. The number of hydrogen-bond acceptors (Lipinski definition) is 4. The maximum absolute atomic E-state index is 10.8. The molecule has 1 N–H and O–H groups in total. The molecule has 3 rings (SSSR count). The molecule has 5 nitrogen and oxygen atoms in total. The first kappa shape index (κ1) is 13.6. The van der Waals surface area contributed by atoms with Gasteiger partial charge in [-0.2, -0.15) is 0 Å². The number of halogens is 1. The third kappa shape index (κ3) is 2.33. The Kier molecular flexibility index (Phi) is 3.52. The number of pyridine rings is 1. The van der Waals surface area contributed by atoms with E-state index in [9.17, 15) is 5.11 Å². The zero-order valence-electron chi connectivity index (χ0n) is 11.3. The van der Waals surface area contributed by atoms with Gasteiger partial charge in [-0.25, -0.2) is 9.97 Å². The first-order chi connectivity index (χ1) is 9.60. The van der Waals surface area contributed by atoms with E-state index >= 15 is 0 Å². The van der Waals surface area contributed by atoms with E-state index in [4.69, 9.17) is 0 Å². The minimum absolute atomic E-state index is 0.654.